The van der Waals surface area contributed by atoms with Crippen molar-refractivity contribution in [3.05, 3.63) is 83.1 Å². The van der Waals surface area contributed by atoms with Gasteiger partial charge < -0.3 is 5.11 Å². The Kier molecular flexibility index (Phi) is 4.64. The fourth-order valence-corrected chi connectivity index (χ4v) is 2.51. The highest BCUT2D eigenvalue weighted by Gasteiger charge is 2.27. The predicted molar refractivity (Wildman–Crippen MR) is 91.3 cm³/mol. The number of hydrogen-bond donors (Lipinski definition) is 1. The zero-order chi connectivity index (χ0) is 16.1. The molecule has 1 unspecified atom stereocenters. The van der Waals surface area contributed by atoms with Gasteiger partial charge in [0.05, 0.1) is 6.54 Å². The van der Waals surface area contributed by atoms with Crippen LogP contribution < -0.4 is 0 Å². The summed E-state index contributed by atoms with van der Waals surface area (Å²) in [4.78, 5) is 7.94. The van der Waals surface area contributed by atoms with Crippen molar-refractivity contribution in [2.24, 2.45) is 0 Å². The van der Waals surface area contributed by atoms with Gasteiger partial charge in [-0.15, -0.1) is 0 Å². The summed E-state index contributed by atoms with van der Waals surface area (Å²) in [5, 5.41) is 15.2. The third-order valence-corrected chi connectivity index (χ3v) is 4.00. The summed E-state index contributed by atoms with van der Waals surface area (Å²) in [5.74, 6) is 0. The SMILES string of the molecule is OC(C=Cc1ccc(Br)cc1)(Cn1cncn1)c1ccncc1. The van der Waals surface area contributed by atoms with Gasteiger partial charge in [0.1, 0.15) is 18.3 Å². The first-order chi connectivity index (χ1) is 11.2. The van der Waals surface area contributed by atoms with Crippen LogP contribution in [-0.2, 0) is 12.1 Å². The normalized spacial score (nSPS) is 14.0. The molecule has 0 saturated carbocycles. The van der Waals surface area contributed by atoms with Gasteiger partial charge >= 0.3 is 0 Å². The third kappa shape index (κ3) is 3.91. The van der Waals surface area contributed by atoms with Gasteiger partial charge in [-0.1, -0.05) is 34.1 Å². The molecule has 0 radical (unpaired) electrons. The van der Waals surface area contributed by atoms with Crippen LogP contribution in [0.4, 0.5) is 0 Å². The molecule has 0 bridgehead atoms. The fourth-order valence-electron chi connectivity index (χ4n) is 2.25. The van der Waals surface area contributed by atoms with Gasteiger partial charge in [-0.3, -0.25) is 4.98 Å². The molecular weight excluding hydrogens is 356 g/mol. The molecule has 3 rings (SSSR count). The molecule has 3 aromatic rings. The van der Waals surface area contributed by atoms with Gasteiger partial charge in [-0.2, -0.15) is 5.10 Å². The Labute approximate surface area is 142 Å². The second-order valence-corrected chi connectivity index (χ2v) is 6.05. The van der Waals surface area contributed by atoms with Crippen LogP contribution in [0.3, 0.4) is 0 Å². The highest BCUT2D eigenvalue weighted by atomic mass is 79.9. The Balaban J connectivity index is 1.93. The number of halogens is 1. The van der Waals surface area contributed by atoms with E-state index in [2.05, 4.69) is 31.0 Å². The average molecular weight is 371 g/mol. The van der Waals surface area contributed by atoms with E-state index in [-0.39, 0.29) is 6.54 Å². The minimum absolute atomic E-state index is 0.268. The molecule has 0 aliphatic heterocycles. The number of hydrogen-bond acceptors (Lipinski definition) is 4. The molecule has 1 aromatic carbocycles. The van der Waals surface area contributed by atoms with E-state index in [4.69, 9.17) is 0 Å². The summed E-state index contributed by atoms with van der Waals surface area (Å²) in [5.41, 5.74) is 0.541. The fraction of sp³-hybridized carbons (Fsp3) is 0.118. The molecule has 1 N–H and O–H groups in total. The van der Waals surface area contributed by atoms with Crippen LogP contribution in [-0.4, -0.2) is 24.9 Å². The molecule has 0 aliphatic rings. The Bertz CT molecular complexity index is 772. The van der Waals surface area contributed by atoms with Gasteiger partial charge in [0.25, 0.3) is 0 Å². The number of aromatic nitrogens is 4. The molecule has 2 heterocycles. The number of aliphatic hydroxyl groups is 1. The summed E-state index contributed by atoms with van der Waals surface area (Å²) < 4.78 is 2.62. The van der Waals surface area contributed by atoms with Crippen LogP contribution in [0, 0.1) is 0 Å². The lowest BCUT2D eigenvalue weighted by Gasteiger charge is -2.25. The molecule has 116 valence electrons. The summed E-state index contributed by atoms with van der Waals surface area (Å²) in [6.45, 7) is 0.268. The van der Waals surface area contributed by atoms with E-state index in [1.165, 1.54) is 6.33 Å². The molecule has 0 fully saturated rings. The lowest BCUT2D eigenvalue weighted by molar-refractivity contribution is 0.0663. The van der Waals surface area contributed by atoms with Crippen LogP contribution in [0.15, 0.2) is 72.0 Å². The quantitative estimate of drug-likeness (QED) is 0.749. The van der Waals surface area contributed by atoms with Crippen molar-refractivity contribution < 1.29 is 5.11 Å². The summed E-state index contributed by atoms with van der Waals surface area (Å²) >= 11 is 3.41. The summed E-state index contributed by atoms with van der Waals surface area (Å²) in [6, 6.07) is 11.5. The van der Waals surface area contributed by atoms with E-state index in [0.717, 1.165) is 15.6 Å². The van der Waals surface area contributed by atoms with Crippen molar-refractivity contribution in [1.29, 1.82) is 0 Å². The average Bonchev–Trinajstić information content (AvgIpc) is 3.08. The topological polar surface area (TPSA) is 63.8 Å². The number of pyridine rings is 1. The highest BCUT2D eigenvalue weighted by Crippen LogP contribution is 2.25. The highest BCUT2D eigenvalue weighted by molar-refractivity contribution is 9.10. The Morgan fingerprint density at radius 2 is 1.83 bits per heavy atom. The van der Waals surface area contributed by atoms with E-state index >= 15 is 0 Å². The first kappa shape index (κ1) is 15.6. The smallest absolute Gasteiger partial charge is 0.137 e. The zero-order valence-electron chi connectivity index (χ0n) is 12.2. The van der Waals surface area contributed by atoms with E-state index in [1.807, 2.05) is 30.3 Å². The van der Waals surface area contributed by atoms with Crippen LogP contribution in [0.5, 0.6) is 0 Å². The molecule has 6 heteroatoms. The lowest BCUT2D eigenvalue weighted by atomic mass is 9.93. The maximum atomic E-state index is 11.2. The maximum absolute atomic E-state index is 11.2. The largest absolute Gasteiger partial charge is 0.379 e. The summed E-state index contributed by atoms with van der Waals surface area (Å²) in [6.07, 6.45) is 10.0. The van der Waals surface area contributed by atoms with Gasteiger partial charge in [0.2, 0.25) is 0 Å². The van der Waals surface area contributed by atoms with Crippen LogP contribution in [0.1, 0.15) is 11.1 Å². The number of rotatable bonds is 5. The van der Waals surface area contributed by atoms with Crippen molar-refractivity contribution >= 4 is 22.0 Å². The molecule has 5 nitrogen and oxygen atoms in total. The van der Waals surface area contributed by atoms with Gasteiger partial charge in [0.15, 0.2) is 0 Å². The van der Waals surface area contributed by atoms with Crippen molar-refractivity contribution in [3.63, 3.8) is 0 Å². The van der Waals surface area contributed by atoms with E-state index in [1.54, 1.807) is 41.6 Å². The minimum atomic E-state index is -1.20. The molecule has 23 heavy (non-hydrogen) atoms. The molecule has 1 atom stereocenters. The first-order valence-electron chi connectivity index (χ1n) is 7.06. The maximum Gasteiger partial charge on any atom is 0.137 e. The summed E-state index contributed by atoms with van der Waals surface area (Å²) in [7, 11) is 0. The van der Waals surface area contributed by atoms with Crippen molar-refractivity contribution in [3.8, 4) is 0 Å². The minimum Gasteiger partial charge on any atom is -0.379 e. The molecule has 0 spiro atoms. The zero-order valence-corrected chi connectivity index (χ0v) is 13.8. The van der Waals surface area contributed by atoms with Crippen molar-refractivity contribution in [1.82, 2.24) is 19.7 Å². The van der Waals surface area contributed by atoms with Crippen LogP contribution in [0.25, 0.3) is 6.08 Å². The number of benzene rings is 1. The molecular formula is C17H15BrN4O. The van der Waals surface area contributed by atoms with Gasteiger partial charge in [-0.25, -0.2) is 9.67 Å². The second-order valence-electron chi connectivity index (χ2n) is 5.14. The Morgan fingerprint density at radius 3 is 2.48 bits per heavy atom. The van der Waals surface area contributed by atoms with E-state index in [0.29, 0.717) is 0 Å². The van der Waals surface area contributed by atoms with E-state index < -0.39 is 5.60 Å². The standard InChI is InChI=1S/C17H15BrN4O/c18-16-3-1-14(2-4-16)5-8-17(23,11-22-13-20-12-21-22)15-6-9-19-10-7-15/h1-10,12-13,23H,11H2. The molecule has 2 aromatic heterocycles. The molecule has 0 saturated heterocycles. The monoisotopic (exact) mass is 370 g/mol. The first-order valence-corrected chi connectivity index (χ1v) is 7.85. The van der Waals surface area contributed by atoms with Gasteiger partial charge in [0, 0.05) is 16.9 Å². The Morgan fingerprint density at radius 1 is 1.09 bits per heavy atom. The van der Waals surface area contributed by atoms with Crippen LogP contribution >= 0.6 is 15.9 Å². The lowest BCUT2D eigenvalue weighted by Crippen LogP contribution is -2.29. The third-order valence-electron chi connectivity index (χ3n) is 3.47. The number of nitrogens with zero attached hydrogens (tertiary/aromatic N) is 4. The van der Waals surface area contributed by atoms with Crippen molar-refractivity contribution in [2.45, 2.75) is 12.1 Å². The second kappa shape index (κ2) is 6.85. The van der Waals surface area contributed by atoms with Crippen molar-refractivity contribution in [2.75, 3.05) is 0 Å². The predicted octanol–water partition coefficient (Wildman–Crippen LogP) is 3.04. The molecule has 0 amide bonds. The van der Waals surface area contributed by atoms with Gasteiger partial charge in [-0.05, 0) is 41.5 Å². The molecule has 0 aliphatic carbocycles. The van der Waals surface area contributed by atoms with E-state index in [9.17, 15) is 5.11 Å². The Hall–Kier alpha value is -2.31. The van der Waals surface area contributed by atoms with Crippen LogP contribution in [0.2, 0.25) is 0 Å².